The van der Waals surface area contributed by atoms with E-state index < -0.39 is 0 Å². The normalized spacial score (nSPS) is 14.7. The van der Waals surface area contributed by atoms with E-state index in [2.05, 4.69) is 41.5 Å². The summed E-state index contributed by atoms with van der Waals surface area (Å²) >= 11 is 1.70. The summed E-state index contributed by atoms with van der Waals surface area (Å²) in [5.74, 6) is 0. The molecule has 110 valence electrons. The molecule has 1 aromatic rings. The Morgan fingerprint density at radius 1 is 1.21 bits per heavy atom. The molecule has 0 amide bonds. The lowest BCUT2D eigenvalue weighted by Gasteiger charge is -2.28. The van der Waals surface area contributed by atoms with Gasteiger partial charge in [-0.2, -0.15) is 0 Å². The van der Waals surface area contributed by atoms with Gasteiger partial charge < -0.3 is 10.5 Å². The van der Waals surface area contributed by atoms with Gasteiger partial charge in [0.25, 0.3) is 0 Å². The molecule has 0 saturated carbocycles. The summed E-state index contributed by atoms with van der Waals surface area (Å²) in [4.78, 5) is 6.03. The molecule has 0 aliphatic heterocycles. The van der Waals surface area contributed by atoms with Crippen molar-refractivity contribution in [1.82, 2.24) is 4.98 Å². The third kappa shape index (κ3) is 4.01. The third-order valence-electron chi connectivity index (χ3n) is 2.95. The van der Waals surface area contributed by atoms with Crippen LogP contribution in [0.2, 0.25) is 0 Å². The summed E-state index contributed by atoms with van der Waals surface area (Å²) in [6, 6.07) is 0. The van der Waals surface area contributed by atoms with Gasteiger partial charge in [0.05, 0.1) is 5.69 Å². The second kappa shape index (κ2) is 5.90. The van der Waals surface area contributed by atoms with Crippen LogP contribution in [0, 0.1) is 5.41 Å². The van der Waals surface area contributed by atoms with Crippen LogP contribution in [-0.4, -0.2) is 11.6 Å². The molecule has 1 unspecified atom stereocenters. The Bertz CT molecular complexity index is 413. The zero-order chi connectivity index (χ0) is 14.8. The summed E-state index contributed by atoms with van der Waals surface area (Å²) in [6.45, 7) is 16.4. The molecule has 1 rings (SSSR count). The van der Waals surface area contributed by atoms with E-state index in [9.17, 15) is 0 Å². The second-order valence-corrected chi connectivity index (χ2v) is 8.09. The highest BCUT2D eigenvalue weighted by Crippen LogP contribution is 2.40. The number of hydrogen-bond acceptors (Lipinski definition) is 4. The first-order valence-corrected chi connectivity index (χ1v) is 7.74. The molecule has 19 heavy (non-hydrogen) atoms. The Morgan fingerprint density at radius 3 is 2.11 bits per heavy atom. The van der Waals surface area contributed by atoms with E-state index in [1.165, 1.54) is 4.88 Å². The standard InChI is InChI=1S/C15H28N2OS/c1-8-18-12(15(5,6)7)13-17-11(14(2,3)4)10(9-16)19-13/h12H,8-9,16H2,1-7H3. The molecule has 0 fully saturated rings. The molecular formula is C15H28N2OS. The highest BCUT2D eigenvalue weighted by molar-refractivity contribution is 7.11. The van der Waals surface area contributed by atoms with Gasteiger partial charge in [-0.15, -0.1) is 11.3 Å². The number of nitrogens with zero attached hydrogens (tertiary/aromatic N) is 1. The highest BCUT2D eigenvalue weighted by atomic mass is 32.1. The number of ether oxygens (including phenoxy) is 1. The van der Waals surface area contributed by atoms with Crippen LogP contribution < -0.4 is 5.73 Å². The molecule has 0 radical (unpaired) electrons. The van der Waals surface area contributed by atoms with Crippen LogP contribution in [0.4, 0.5) is 0 Å². The summed E-state index contributed by atoms with van der Waals surface area (Å²) in [6.07, 6.45) is 0.0314. The first kappa shape index (κ1) is 16.6. The zero-order valence-electron chi connectivity index (χ0n) is 13.3. The first-order chi connectivity index (χ1) is 8.61. The molecule has 2 N–H and O–H groups in total. The quantitative estimate of drug-likeness (QED) is 0.908. The Kier molecular flexibility index (Phi) is 5.15. The monoisotopic (exact) mass is 284 g/mol. The molecule has 1 heterocycles. The highest BCUT2D eigenvalue weighted by Gasteiger charge is 2.32. The van der Waals surface area contributed by atoms with Crippen molar-refractivity contribution in [3.8, 4) is 0 Å². The molecule has 0 aliphatic rings. The number of thiazole rings is 1. The molecule has 4 heteroatoms. The van der Waals surface area contributed by atoms with Gasteiger partial charge in [-0.25, -0.2) is 4.98 Å². The van der Waals surface area contributed by atoms with E-state index in [1.807, 2.05) is 6.92 Å². The van der Waals surface area contributed by atoms with E-state index in [0.717, 1.165) is 10.7 Å². The van der Waals surface area contributed by atoms with E-state index >= 15 is 0 Å². The maximum atomic E-state index is 5.93. The van der Waals surface area contributed by atoms with Gasteiger partial charge >= 0.3 is 0 Å². The molecule has 0 aromatic carbocycles. The maximum Gasteiger partial charge on any atom is 0.123 e. The average molecular weight is 284 g/mol. The van der Waals surface area contributed by atoms with Crippen LogP contribution in [0.25, 0.3) is 0 Å². The molecule has 0 aliphatic carbocycles. The minimum atomic E-state index is 0.0259. The molecule has 0 spiro atoms. The molecule has 0 saturated heterocycles. The van der Waals surface area contributed by atoms with Crippen LogP contribution in [0.3, 0.4) is 0 Å². The van der Waals surface area contributed by atoms with Crippen molar-refractivity contribution in [2.75, 3.05) is 6.61 Å². The number of rotatable bonds is 4. The molecule has 1 aromatic heterocycles. The predicted molar refractivity (Wildman–Crippen MR) is 82.5 cm³/mol. The van der Waals surface area contributed by atoms with Crippen LogP contribution in [0.15, 0.2) is 0 Å². The van der Waals surface area contributed by atoms with Gasteiger partial charge in [0.1, 0.15) is 11.1 Å². The molecule has 0 bridgehead atoms. The topological polar surface area (TPSA) is 48.1 Å². The van der Waals surface area contributed by atoms with E-state index in [0.29, 0.717) is 13.2 Å². The lowest BCUT2D eigenvalue weighted by molar-refractivity contribution is -0.0135. The van der Waals surface area contributed by atoms with Gasteiger partial charge in [0.15, 0.2) is 0 Å². The number of hydrogen-bond donors (Lipinski definition) is 1. The first-order valence-electron chi connectivity index (χ1n) is 6.93. The van der Waals surface area contributed by atoms with Gasteiger partial charge in [-0.1, -0.05) is 41.5 Å². The SMILES string of the molecule is CCOC(c1nc(C(C)(C)C)c(CN)s1)C(C)(C)C. The zero-order valence-corrected chi connectivity index (χ0v) is 14.1. The van der Waals surface area contributed by atoms with Crippen LogP contribution >= 0.6 is 11.3 Å². The molecule has 3 nitrogen and oxygen atoms in total. The Morgan fingerprint density at radius 2 is 1.79 bits per heavy atom. The summed E-state index contributed by atoms with van der Waals surface area (Å²) in [5.41, 5.74) is 7.05. The largest absolute Gasteiger partial charge is 0.371 e. The van der Waals surface area contributed by atoms with Crippen LogP contribution in [0.1, 0.15) is 70.1 Å². The van der Waals surface area contributed by atoms with Crippen molar-refractivity contribution in [3.63, 3.8) is 0 Å². The third-order valence-corrected chi connectivity index (χ3v) is 4.07. The summed E-state index contributed by atoms with van der Waals surface area (Å²) < 4.78 is 5.93. The van der Waals surface area contributed by atoms with E-state index in [-0.39, 0.29) is 16.9 Å². The Hall–Kier alpha value is -0.450. The van der Waals surface area contributed by atoms with Crippen molar-refractivity contribution >= 4 is 11.3 Å². The van der Waals surface area contributed by atoms with Crippen LogP contribution in [0.5, 0.6) is 0 Å². The van der Waals surface area contributed by atoms with Crippen molar-refractivity contribution in [2.24, 2.45) is 11.1 Å². The Balaban J connectivity index is 3.23. The van der Waals surface area contributed by atoms with Crippen molar-refractivity contribution in [1.29, 1.82) is 0 Å². The lowest BCUT2D eigenvalue weighted by atomic mass is 9.88. The minimum Gasteiger partial charge on any atom is -0.371 e. The fourth-order valence-electron chi connectivity index (χ4n) is 2.06. The Labute approximate surface area is 121 Å². The second-order valence-electron chi connectivity index (χ2n) is 6.98. The van der Waals surface area contributed by atoms with Crippen molar-refractivity contribution in [3.05, 3.63) is 15.6 Å². The van der Waals surface area contributed by atoms with Crippen molar-refractivity contribution in [2.45, 2.75) is 66.5 Å². The fourth-order valence-corrected chi connectivity index (χ4v) is 3.51. The average Bonchev–Trinajstić information content (AvgIpc) is 2.67. The lowest BCUT2D eigenvalue weighted by Crippen LogP contribution is -2.22. The predicted octanol–water partition coefficient (Wildman–Crippen LogP) is 4.02. The van der Waals surface area contributed by atoms with Gasteiger partial charge in [0, 0.05) is 23.4 Å². The van der Waals surface area contributed by atoms with Gasteiger partial charge in [-0.3, -0.25) is 0 Å². The van der Waals surface area contributed by atoms with Crippen molar-refractivity contribution < 1.29 is 4.74 Å². The number of aromatic nitrogens is 1. The van der Waals surface area contributed by atoms with Gasteiger partial charge in [-0.05, 0) is 12.3 Å². The maximum absolute atomic E-state index is 5.93. The fraction of sp³-hybridized carbons (Fsp3) is 0.800. The van der Waals surface area contributed by atoms with E-state index in [1.54, 1.807) is 11.3 Å². The molecular weight excluding hydrogens is 256 g/mol. The van der Waals surface area contributed by atoms with Gasteiger partial charge in [0.2, 0.25) is 0 Å². The smallest absolute Gasteiger partial charge is 0.123 e. The summed E-state index contributed by atoms with van der Waals surface area (Å²) in [5, 5.41) is 1.06. The number of nitrogens with two attached hydrogens (primary N) is 1. The minimum absolute atomic E-state index is 0.0259. The van der Waals surface area contributed by atoms with Crippen LogP contribution in [-0.2, 0) is 16.7 Å². The summed E-state index contributed by atoms with van der Waals surface area (Å²) in [7, 11) is 0. The molecule has 1 atom stereocenters. The van der Waals surface area contributed by atoms with E-state index in [4.69, 9.17) is 15.5 Å².